The van der Waals surface area contributed by atoms with Gasteiger partial charge in [0, 0.05) is 6.54 Å². The van der Waals surface area contributed by atoms with Crippen LogP contribution < -0.4 is 5.32 Å². The lowest BCUT2D eigenvalue weighted by molar-refractivity contribution is -0.00314. The Labute approximate surface area is 101 Å². The largest absolute Gasteiger partial charge is 0.377 e. The molecule has 0 spiro atoms. The van der Waals surface area contributed by atoms with Crippen molar-refractivity contribution in [3.63, 3.8) is 0 Å². The summed E-state index contributed by atoms with van der Waals surface area (Å²) in [6.07, 6.45) is 7.17. The molecule has 16 heavy (non-hydrogen) atoms. The molecule has 2 atom stereocenters. The lowest BCUT2D eigenvalue weighted by Crippen LogP contribution is -2.29. The zero-order valence-corrected chi connectivity index (χ0v) is 11.3. The van der Waals surface area contributed by atoms with E-state index in [4.69, 9.17) is 4.74 Å². The average molecular weight is 227 g/mol. The molecule has 1 fully saturated rings. The molecule has 2 nitrogen and oxygen atoms in total. The maximum absolute atomic E-state index is 5.94. The maximum atomic E-state index is 5.94. The molecule has 1 aliphatic carbocycles. The normalized spacial score (nSPS) is 26.2. The van der Waals surface area contributed by atoms with Gasteiger partial charge in [-0.2, -0.15) is 0 Å². The monoisotopic (exact) mass is 227 g/mol. The molecule has 0 heterocycles. The molecule has 1 saturated carbocycles. The van der Waals surface area contributed by atoms with Crippen molar-refractivity contribution in [2.45, 2.75) is 59.0 Å². The molecule has 1 rings (SSSR count). The first-order valence-electron chi connectivity index (χ1n) is 7.02. The minimum absolute atomic E-state index is 0.528. The van der Waals surface area contributed by atoms with Gasteiger partial charge in [-0.05, 0) is 37.6 Å². The van der Waals surface area contributed by atoms with E-state index in [1.807, 2.05) is 0 Å². The highest BCUT2D eigenvalue weighted by atomic mass is 16.5. The van der Waals surface area contributed by atoms with E-state index in [2.05, 4.69) is 26.1 Å². The van der Waals surface area contributed by atoms with Crippen molar-refractivity contribution >= 4 is 0 Å². The third-order valence-corrected chi connectivity index (χ3v) is 3.54. The predicted octanol–water partition coefficient (Wildman–Crippen LogP) is 3.22. The first-order chi connectivity index (χ1) is 7.70. The quantitative estimate of drug-likeness (QED) is 0.674. The SMILES string of the molecule is CC(C)CCNCCOC1CCCCC1C. The van der Waals surface area contributed by atoms with E-state index >= 15 is 0 Å². The zero-order valence-electron chi connectivity index (χ0n) is 11.3. The molecule has 0 amide bonds. The topological polar surface area (TPSA) is 21.3 Å². The average Bonchev–Trinajstić information content (AvgIpc) is 2.25. The van der Waals surface area contributed by atoms with Crippen LogP contribution in [0.3, 0.4) is 0 Å². The van der Waals surface area contributed by atoms with Crippen LogP contribution in [0.25, 0.3) is 0 Å². The molecule has 0 saturated heterocycles. The van der Waals surface area contributed by atoms with Gasteiger partial charge >= 0.3 is 0 Å². The van der Waals surface area contributed by atoms with E-state index in [1.54, 1.807) is 0 Å². The van der Waals surface area contributed by atoms with E-state index in [0.29, 0.717) is 6.10 Å². The van der Waals surface area contributed by atoms with Crippen molar-refractivity contribution < 1.29 is 4.74 Å². The summed E-state index contributed by atoms with van der Waals surface area (Å²) in [6, 6.07) is 0. The van der Waals surface area contributed by atoms with Gasteiger partial charge in [-0.1, -0.05) is 33.6 Å². The van der Waals surface area contributed by atoms with Crippen LogP contribution in [-0.2, 0) is 4.74 Å². The highest BCUT2D eigenvalue weighted by molar-refractivity contribution is 4.72. The maximum Gasteiger partial charge on any atom is 0.0601 e. The summed E-state index contributed by atoms with van der Waals surface area (Å²) in [6.45, 7) is 9.88. The van der Waals surface area contributed by atoms with E-state index in [9.17, 15) is 0 Å². The molecule has 0 bridgehead atoms. The molecule has 0 aromatic rings. The van der Waals surface area contributed by atoms with Crippen molar-refractivity contribution in [1.82, 2.24) is 5.32 Å². The molecular formula is C14H29NO. The Morgan fingerprint density at radius 3 is 2.62 bits per heavy atom. The van der Waals surface area contributed by atoms with Crippen LogP contribution in [-0.4, -0.2) is 25.8 Å². The van der Waals surface area contributed by atoms with Gasteiger partial charge in [-0.15, -0.1) is 0 Å². The van der Waals surface area contributed by atoms with Crippen LogP contribution in [0.5, 0.6) is 0 Å². The van der Waals surface area contributed by atoms with Crippen LogP contribution in [0.4, 0.5) is 0 Å². The highest BCUT2D eigenvalue weighted by Gasteiger charge is 2.21. The first-order valence-corrected chi connectivity index (χ1v) is 7.02. The third kappa shape index (κ3) is 5.86. The molecule has 1 N–H and O–H groups in total. The molecule has 96 valence electrons. The third-order valence-electron chi connectivity index (χ3n) is 3.54. The number of rotatable bonds is 7. The van der Waals surface area contributed by atoms with Gasteiger partial charge in [0.2, 0.25) is 0 Å². The van der Waals surface area contributed by atoms with Crippen molar-refractivity contribution in [3.05, 3.63) is 0 Å². The van der Waals surface area contributed by atoms with Crippen LogP contribution in [0, 0.1) is 11.8 Å². The minimum Gasteiger partial charge on any atom is -0.377 e. The number of hydrogen-bond acceptors (Lipinski definition) is 2. The summed E-state index contributed by atoms with van der Waals surface area (Å²) in [5.41, 5.74) is 0. The van der Waals surface area contributed by atoms with Crippen molar-refractivity contribution in [2.75, 3.05) is 19.7 Å². The van der Waals surface area contributed by atoms with Gasteiger partial charge in [0.05, 0.1) is 12.7 Å². The summed E-state index contributed by atoms with van der Waals surface area (Å²) >= 11 is 0. The Balaban J connectivity index is 1.94. The summed E-state index contributed by atoms with van der Waals surface area (Å²) in [5.74, 6) is 1.57. The Morgan fingerprint density at radius 2 is 1.94 bits per heavy atom. The van der Waals surface area contributed by atoms with Crippen molar-refractivity contribution in [1.29, 1.82) is 0 Å². The molecule has 1 aliphatic rings. The second kappa shape index (κ2) is 8.08. The molecule has 0 aliphatic heterocycles. The van der Waals surface area contributed by atoms with Gasteiger partial charge in [0.15, 0.2) is 0 Å². The molecule has 0 radical (unpaired) electrons. The van der Waals surface area contributed by atoms with E-state index < -0.39 is 0 Å². The number of nitrogens with one attached hydrogen (secondary N) is 1. The number of ether oxygens (including phenoxy) is 1. The smallest absolute Gasteiger partial charge is 0.0601 e. The lowest BCUT2D eigenvalue weighted by atomic mass is 9.88. The van der Waals surface area contributed by atoms with Crippen LogP contribution in [0.1, 0.15) is 52.9 Å². The fourth-order valence-electron chi connectivity index (χ4n) is 2.33. The van der Waals surface area contributed by atoms with Gasteiger partial charge in [0.1, 0.15) is 0 Å². The molecule has 0 aromatic heterocycles. The van der Waals surface area contributed by atoms with Gasteiger partial charge in [-0.3, -0.25) is 0 Å². The highest BCUT2D eigenvalue weighted by Crippen LogP contribution is 2.25. The fraction of sp³-hybridized carbons (Fsp3) is 1.00. The van der Waals surface area contributed by atoms with Crippen LogP contribution >= 0.6 is 0 Å². The summed E-state index contributed by atoms with van der Waals surface area (Å²) < 4.78 is 5.94. The molecule has 2 unspecified atom stereocenters. The van der Waals surface area contributed by atoms with Gasteiger partial charge < -0.3 is 10.1 Å². The Morgan fingerprint density at radius 1 is 1.19 bits per heavy atom. The molecule has 0 aromatic carbocycles. The summed E-state index contributed by atoms with van der Waals surface area (Å²) in [7, 11) is 0. The van der Waals surface area contributed by atoms with Crippen molar-refractivity contribution in [2.24, 2.45) is 11.8 Å². The van der Waals surface area contributed by atoms with Crippen LogP contribution in [0.15, 0.2) is 0 Å². The second-order valence-corrected chi connectivity index (χ2v) is 5.60. The minimum atomic E-state index is 0.528. The standard InChI is InChI=1S/C14H29NO/c1-12(2)8-9-15-10-11-16-14-7-5-4-6-13(14)3/h12-15H,4-11H2,1-3H3. The van der Waals surface area contributed by atoms with Gasteiger partial charge in [0.25, 0.3) is 0 Å². The summed E-state index contributed by atoms with van der Waals surface area (Å²) in [5, 5.41) is 3.45. The Bertz CT molecular complexity index is 170. The lowest BCUT2D eigenvalue weighted by Gasteiger charge is -2.28. The van der Waals surface area contributed by atoms with Crippen LogP contribution in [0.2, 0.25) is 0 Å². The molecule has 2 heteroatoms. The van der Waals surface area contributed by atoms with E-state index in [-0.39, 0.29) is 0 Å². The number of hydrogen-bond donors (Lipinski definition) is 1. The zero-order chi connectivity index (χ0) is 11.8. The second-order valence-electron chi connectivity index (χ2n) is 5.60. The molecular weight excluding hydrogens is 198 g/mol. The van der Waals surface area contributed by atoms with E-state index in [1.165, 1.54) is 32.1 Å². The Hall–Kier alpha value is -0.0800. The first kappa shape index (κ1) is 14.0. The Kier molecular flexibility index (Phi) is 7.06. The van der Waals surface area contributed by atoms with Gasteiger partial charge in [-0.25, -0.2) is 0 Å². The summed E-state index contributed by atoms with van der Waals surface area (Å²) in [4.78, 5) is 0. The van der Waals surface area contributed by atoms with E-state index in [0.717, 1.165) is 31.5 Å². The van der Waals surface area contributed by atoms with Crippen molar-refractivity contribution in [3.8, 4) is 0 Å². The predicted molar refractivity (Wildman–Crippen MR) is 69.7 cm³/mol. The fourth-order valence-corrected chi connectivity index (χ4v) is 2.33.